The van der Waals surface area contributed by atoms with Gasteiger partial charge in [-0.2, -0.15) is 0 Å². The Hall–Kier alpha value is -1.93. The lowest BCUT2D eigenvalue weighted by atomic mass is 9.99. The van der Waals surface area contributed by atoms with Crippen molar-refractivity contribution in [1.29, 1.82) is 0 Å². The molecule has 1 fully saturated rings. The number of rotatable bonds is 6. The summed E-state index contributed by atoms with van der Waals surface area (Å²) in [5, 5.41) is 5.08. The number of carbonyl (C=O) groups excluding carboxylic acids is 2. The highest BCUT2D eigenvalue weighted by atomic mass is 32.2. The van der Waals surface area contributed by atoms with E-state index in [0.29, 0.717) is 18.9 Å². The summed E-state index contributed by atoms with van der Waals surface area (Å²) in [5.41, 5.74) is 0.878. The van der Waals surface area contributed by atoms with Crippen LogP contribution in [0, 0.1) is 5.92 Å². The zero-order valence-corrected chi connectivity index (χ0v) is 16.2. The molecule has 2 amide bonds. The Balaban J connectivity index is 1.92. The van der Waals surface area contributed by atoms with Crippen LogP contribution in [0.1, 0.15) is 32.3 Å². The Bertz CT molecular complexity index is 738. The topological polar surface area (TPSA) is 101 Å². The van der Waals surface area contributed by atoms with Gasteiger partial charge in [-0.25, -0.2) is 13.6 Å². The molecule has 0 bridgehead atoms. The summed E-state index contributed by atoms with van der Waals surface area (Å²) >= 11 is 0. The fraction of sp³-hybridized carbons (Fsp3) is 0.556. The minimum atomic E-state index is -3.71. The molecule has 0 saturated carbocycles. The summed E-state index contributed by atoms with van der Waals surface area (Å²) in [6.07, 6.45) is 2.54. The number of amides is 2. The van der Waals surface area contributed by atoms with Crippen LogP contribution >= 0.6 is 0 Å². The quantitative estimate of drug-likeness (QED) is 0.794. The van der Waals surface area contributed by atoms with Crippen LogP contribution in [0.3, 0.4) is 0 Å². The second kappa shape index (κ2) is 8.64. The number of carbonyl (C=O) groups is 2. The van der Waals surface area contributed by atoms with E-state index in [4.69, 9.17) is 5.14 Å². The standard InChI is InChI=1S/C18H27N3O4S/c1-14-7-10-20(11-8-14)18(23)13-21(15(2)22)12-9-16-3-5-17(6-4-16)26(19,24)25/h3-6,14H,7-13H2,1-2H3,(H2,19,24,25). The molecular formula is C18H27N3O4S. The van der Waals surface area contributed by atoms with Crippen molar-refractivity contribution in [3.63, 3.8) is 0 Å². The summed E-state index contributed by atoms with van der Waals surface area (Å²) in [6, 6.07) is 6.24. The maximum Gasteiger partial charge on any atom is 0.242 e. The highest BCUT2D eigenvalue weighted by Gasteiger charge is 2.23. The van der Waals surface area contributed by atoms with Gasteiger partial charge in [0.2, 0.25) is 21.8 Å². The fourth-order valence-corrected chi connectivity index (χ4v) is 3.49. The van der Waals surface area contributed by atoms with Crippen LogP contribution in [0.5, 0.6) is 0 Å². The van der Waals surface area contributed by atoms with E-state index in [1.165, 1.54) is 24.0 Å². The first-order valence-electron chi connectivity index (χ1n) is 8.82. The van der Waals surface area contributed by atoms with Gasteiger partial charge in [0.05, 0.1) is 11.4 Å². The summed E-state index contributed by atoms with van der Waals surface area (Å²) in [6.45, 7) is 5.63. The van der Waals surface area contributed by atoms with E-state index < -0.39 is 10.0 Å². The Morgan fingerprint density at radius 2 is 1.77 bits per heavy atom. The normalized spacial score (nSPS) is 15.7. The van der Waals surface area contributed by atoms with Gasteiger partial charge >= 0.3 is 0 Å². The average Bonchev–Trinajstić information content (AvgIpc) is 2.58. The van der Waals surface area contributed by atoms with Crippen LogP contribution in [0.2, 0.25) is 0 Å². The van der Waals surface area contributed by atoms with Crippen molar-refractivity contribution < 1.29 is 18.0 Å². The molecule has 0 spiro atoms. The van der Waals surface area contributed by atoms with Crippen molar-refractivity contribution in [3.05, 3.63) is 29.8 Å². The molecule has 1 aliphatic rings. The molecule has 0 aliphatic carbocycles. The summed E-state index contributed by atoms with van der Waals surface area (Å²) in [4.78, 5) is 27.7. The third kappa shape index (κ3) is 5.81. The van der Waals surface area contributed by atoms with Crippen LogP contribution in [0.25, 0.3) is 0 Å². The maximum atomic E-state index is 12.4. The van der Waals surface area contributed by atoms with E-state index >= 15 is 0 Å². The largest absolute Gasteiger partial charge is 0.341 e. The molecule has 0 aromatic heterocycles. The first kappa shape index (κ1) is 20.4. The number of benzene rings is 1. The number of nitrogens with two attached hydrogens (primary N) is 1. The first-order chi connectivity index (χ1) is 12.2. The Morgan fingerprint density at radius 1 is 1.19 bits per heavy atom. The van der Waals surface area contributed by atoms with Crippen molar-refractivity contribution in [3.8, 4) is 0 Å². The highest BCUT2D eigenvalue weighted by molar-refractivity contribution is 7.89. The molecule has 8 heteroatoms. The van der Waals surface area contributed by atoms with E-state index in [9.17, 15) is 18.0 Å². The van der Waals surface area contributed by atoms with E-state index in [1.54, 1.807) is 12.1 Å². The molecule has 1 aliphatic heterocycles. The van der Waals surface area contributed by atoms with Crippen LogP contribution in [0.4, 0.5) is 0 Å². The SMILES string of the molecule is CC(=O)N(CCc1ccc(S(N)(=O)=O)cc1)CC(=O)N1CCC(C)CC1. The zero-order chi connectivity index (χ0) is 19.3. The van der Waals surface area contributed by atoms with Crippen molar-refractivity contribution in [2.75, 3.05) is 26.2 Å². The number of likely N-dealkylation sites (tertiary alicyclic amines) is 1. The van der Waals surface area contributed by atoms with Crippen LogP contribution < -0.4 is 5.14 Å². The van der Waals surface area contributed by atoms with Gasteiger partial charge in [0.1, 0.15) is 0 Å². The minimum Gasteiger partial charge on any atom is -0.341 e. The van der Waals surface area contributed by atoms with Crippen molar-refractivity contribution >= 4 is 21.8 Å². The van der Waals surface area contributed by atoms with Crippen molar-refractivity contribution in [2.45, 2.75) is 38.0 Å². The second-order valence-corrected chi connectivity index (χ2v) is 8.50. The van der Waals surface area contributed by atoms with Gasteiger partial charge in [0.15, 0.2) is 0 Å². The smallest absolute Gasteiger partial charge is 0.242 e. The number of hydrogen-bond acceptors (Lipinski definition) is 4. The van der Waals surface area contributed by atoms with Crippen LogP contribution in [0.15, 0.2) is 29.2 Å². The van der Waals surface area contributed by atoms with Gasteiger partial charge in [-0.05, 0) is 42.9 Å². The van der Waals surface area contributed by atoms with Gasteiger partial charge < -0.3 is 9.80 Å². The predicted molar refractivity (Wildman–Crippen MR) is 98.8 cm³/mol. The molecule has 2 rings (SSSR count). The summed E-state index contributed by atoms with van der Waals surface area (Å²) in [5.74, 6) is 0.477. The molecular weight excluding hydrogens is 354 g/mol. The Morgan fingerprint density at radius 3 is 2.27 bits per heavy atom. The summed E-state index contributed by atoms with van der Waals surface area (Å²) in [7, 11) is -3.71. The van der Waals surface area contributed by atoms with Crippen molar-refractivity contribution in [2.24, 2.45) is 11.1 Å². The molecule has 0 radical (unpaired) electrons. The minimum absolute atomic E-state index is 0.0170. The zero-order valence-electron chi connectivity index (χ0n) is 15.3. The van der Waals surface area contributed by atoms with Crippen molar-refractivity contribution in [1.82, 2.24) is 9.80 Å². The second-order valence-electron chi connectivity index (χ2n) is 6.94. The fourth-order valence-electron chi connectivity index (χ4n) is 2.98. The molecule has 0 unspecified atom stereocenters. The molecule has 0 atom stereocenters. The molecule has 26 heavy (non-hydrogen) atoms. The van der Waals surface area contributed by atoms with E-state index in [1.807, 2.05) is 4.90 Å². The van der Waals surface area contributed by atoms with E-state index in [2.05, 4.69) is 6.92 Å². The van der Waals surface area contributed by atoms with Gasteiger partial charge in [0.25, 0.3) is 0 Å². The van der Waals surface area contributed by atoms with Crippen LogP contribution in [-0.4, -0.2) is 56.2 Å². The number of hydrogen-bond donors (Lipinski definition) is 1. The molecule has 1 aromatic carbocycles. The molecule has 1 heterocycles. The predicted octanol–water partition coefficient (Wildman–Crippen LogP) is 0.984. The lowest BCUT2D eigenvalue weighted by Gasteiger charge is -2.32. The van der Waals surface area contributed by atoms with Gasteiger partial charge in [-0.3, -0.25) is 9.59 Å². The number of nitrogens with zero attached hydrogens (tertiary/aromatic N) is 2. The number of piperidine rings is 1. The number of sulfonamides is 1. The molecule has 7 nitrogen and oxygen atoms in total. The van der Waals surface area contributed by atoms with E-state index in [-0.39, 0.29) is 23.3 Å². The molecule has 144 valence electrons. The Kier molecular flexibility index (Phi) is 6.77. The van der Waals surface area contributed by atoms with Gasteiger partial charge in [-0.1, -0.05) is 19.1 Å². The number of primary sulfonamides is 1. The van der Waals surface area contributed by atoms with E-state index in [0.717, 1.165) is 31.5 Å². The molecule has 1 saturated heterocycles. The highest BCUT2D eigenvalue weighted by Crippen LogP contribution is 2.16. The molecule has 1 aromatic rings. The monoisotopic (exact) mass is 381 g/mol. The van der Waals surface area contributed by atoms with Crippen LogP contribution in [-0.2, 0) is 26.0 Å². The maximum absolute atomic E-state index is 12.4. The lowest BCUT2D eigenvalue weighted by Crippen LogP contribution is -2.45. The first-order valence-corrected chi connectivity index (χ1v) is 10.4. The average molecular weight is 381 g/mol. The molecule has 2 N–H and O–H groups in total. The lowest BCUT2D eigenvalue weighted by molar-refractivity contribution is -0.140. The third-order valence-electron chi connectivity index (χ3n) is 4.83. The van der Waals surface area contributed by atoms with Gasteiger partial charge in [-0.15, -0.1) is 0 Å². The summed E-state index contributed by atoms with van der Waals surface area (Å²) < 4.78 is 22.5. The third-order valence-corrected chi connectivity index (χ3v) is 5.76. The Labute approximate surface area is 155 Å². The van der Waals surface area contributed by atoms with Gasteiger partial charge in [0, 0.05) is 26.6 Å².